The van der Waals surface area contributed by atoms with Crippen LogP contribution in [0.15, 0.2) is 46.2 Å². The largest absolute Gasteiger partial charge is 0.507 e. The van der Waals surface area contributed by atoms with Crippen molar-refractivity contribution in [3.63, 3.8) is 0 Å². The molecule has 7 heteroatoms. The second kappa shape index (κ2) is 7.95. The number of hydrogen-bond donors (Lipinski definition) is 2. The van der Waals surface area contributed by atoms with Crippen LogP contribution in [0, 0.1) is 13.8 Å². The van der Waals surface area contributed by atoms with Crippen molar-refractivity contribution in [2.75, 3.05) is 0 Å². The summed E-state index contributed by atoms with van der Waals surface area (Å²) >= 11 is 0. The summed E-state index contributed by atoms with van der Waals surface area (Å²) in [5.74, 6) is -1.35. The molecule has 0 saturated carbocycles. The van der Waals surface area contributed by atoms with Gasteiger partial charge in [-0.25, -0.2) is 0 Å². The Bertz CT molecular complexity index is 1090. The minimum Gasteiger partial charge on any atom is -0.507 e. The van der Waals surface area contributed by atoms with Crippen LogP contribution in [-0.4, -0.2) is 24.3 Å². The topological polar surface area (TPSA) is 97.3 Å². The Hall–Kier alpha value is -3.35. The highest BCUT2D eigenvalue weighted by atomic mass is 16.3. The average molecular weight is 395 g/mol. The van der Waals surface area contributed by atoms with E-state index in [-0.39, 0.29) is 22.6 Å². The normalized spacial score (nSPS) is 11.2. The summed E-state index contributed by atoms with van der Waals surface area (Å²) in [5.41, 5.74) is 1.14. The van der Waals surface area contributed by atoms with Gasteiger partial charge in [0, 0.05) is 36.9 Å². The summed E-state index contributed by atoms with van der Waals surface area (Å²) in [5, 5.41) is 21.5. The van der Waals surface area contributed by atoms with E-state index >= 15 is 0 Å². The van der Waals surface area contributed by atoms with Crippen molar-refractivity contribution in [2.24, 2.45) is 0 Å². The van der Waals surface area contributed by atoms with Crippen LogP contribution in [-0.2, 0) is 13.1 Å². The van der Waals surface area contributed by atoms with Gasteiger partial charge in [0.1, 0.15) is 11.5 Å². The van der Waals surface area contributed by atoms with Gasteiger partial charge in [0.25, 0.3) is 11.1 Å². The number of nitrogens with zero attached hydrogens (tertiary/aromatic N) is 3. The highest BCUT2D eigenvalue weighted by Crippen LogP contribution is 2.37. The molecule has 0 spiro atoms. The highest BCUT2D eigenvalue weighted by molar-refractivity contribution is 5.51. The van der Waals surface area contributed by atoms with Crippen molar-refractivity contribution in [3.05, 3.63) is 85.4 Å². The first-order valence-electron chi connectivity index (χ1n) is 9.58. The maximum atomic E-state index is 13.3. The molecular formula is C22H25N3O4. The van der Waals surface area contributed by atoms with Crippen molar-refractivity contribution in [2.45, 2.75) is 46.7 Å². The van der Waals surface area contributed by atoms with Crippen LogP contribution in [0.4, 0.5) is 0 Å². The van der Waals surface area contributed by atoms with Gasteiger partial charge in [0.15, 0.2) is 0 Å². The van der Waals surface area contributed by atoms with Crippen LogP contribution in [0.25, 0.3) is 0 Å². The summed E-state index contributed by atoms with van der Waals surface area (Å²) in [6.45, 7) is 7.99. The Morgan fingerprint density at radius 1 is 0.862 bits per heavy atom. The Labute approximate surface area is 168 Å². The Balaban J connectivity index is 2.46. The molecular weight excluding hydrogens is 370 g/mol. The monoisotopic (exact) mass is 395 g/mol. The fraction of sp³-hybridized carbons (Fsp3) is 0.318. The summed E-state index contributed by atoms with van der Waals surface area (Å²) in [6.07, 6.45) is 3.10. The Morgan fingerprint density at radius 3 is 1.66 bits per heavy atom. The molecule has 29 heavy (non-hydrogen) atoms. The van der Waals surface area contributed by atoms with Crippen LogP contribution in [0.2, 0.25) is 0 Å². The maximum Gasteiger partial charge on any atom is 0.258 e. The van der Waals surface area contributed by atoms with E-state index in [0.29, 0.717) is 30.0 Å². The zero-order valence-corrected chi connectivity index (χ0v) is 17.0. The molecule has 0 radical (unpaired) electrons. The van der Waals surface area contributed by atoms with Crippen molar-refractivity contribution in [1.82, 2.24) is 14.1 Å². The molecule has 7 nitrogen and oxygen atoms in total. The molecule has 0 aliphatic heterocycles. The lowest BCUT2D eigenvalue weighted by Gasteiger charge is -2.22. The Kier molecular flexibility index (Phi) is 5.59. The van der Waals surface area contributed by atoms with Gasteiger partial charge in [0.2, 0.25) is 0 Å². The van der Waals surface area contributed by atoms with E-state index in [0.717, 1.165) is 0 Å². The zero-order valence-electron chi connectivity index (χ0n) is 17.0. The lowest BCUT2D eigenvalue weighted by molar-refractivity contribution is 0.449. The van der Waals surface area contributed by atoms with E-state index in [2.05, 4.69) is 4.98 Å². The third-order valence-electron chi connectivity index (χ3n) is 5.29. The molecule has 0 unspecified atom stereocenters. The molecule has 0 aliphatic carbocycles. The quantitative estimate of drug-likeness (QED) is 0.692. The summed E-state index contributed by atoms with van der Waals surface area (Å²) < 4.78 is 3.07. The molecule has 3 aromatic heterocycles. The number of rotatable bonds is 5. The lowest BCUT2D eigenvalue weighted by atomic mass is 9.85. The van der Waals surface area contributed by atoms with Gasteiger partial charge < -0.3 is 19.3 Å². The molecule has 0 saturated heterocycles. The van der Waals surface area contributed by atoms with Crippen molar-refractivity contribution >= 4 is 0 Å². The van der Waals surface area contributed by atoms with E-state index in [4.69, 9.17) is 0 Å². The van der Waals surface area contributed by atoms with Gasteiger partial charge in [-0.1, -0.05) is 0 Å². The second-order valence-corrected chi connectivity index (χ2v) is 6.98. The summed E-state index contributed by atoms with van der Waals surface area (Å²) in [7, 11) is 0. The van der Waals surface area contributed by atoms with Gasteiger partial charge in [-0.2, -0.15) is 0 Å². The van der Waals surface area contributed by atoms with E-state index in [1.807, 2.05) is 13.8 Å². The van der Waals surface area contributed by atoms with Gasteiger partial charge >= 0.3 is 0 Å². The highest BCUT2D eigenvalue weighted by Gasteiger charge is 2.30. The van der Waals surface area contributed by atoms with Gasteiger partial charge in [0.05, 0.1) is 17.0 Å². The van der Waals surface area contributed by atoms with Crippen LogP contribution in [0.1, 0.15) is 47.8 Å². The number of aromatic nitrogens is 3. The van der Waals surface area contributed by atoms with Crippen molar-refractivity contribution in [3.8, 4) is 11.5 Å². The molecule has 0 atom stereocenters. The smallest absolute Gasteiger partial charge is 0.258 e. The number of aryl methyl sites for hydroxylation is 2. The zero-order chi connectivity index (χ0) is 21.3. The molecule has 0 aliphatic rings. The van der Waals surface area contributed by atoms with Crippen molar-refractivity contribution < 1.29 is 10.2 Å². The molecule has 3 rings (SSSR count). The van der Waals surface area contributed by atoms with E-state index in [1.165, 1.54) is 21.3 Å². The lowest BCUT2D eigenvalue weighted by Crippen LogP contribution is -2.32. The average Bonchev–Trinajstić information content (AvgIpc) is 2.67. The molecule has 152 valence electrons. The fourth-order valence-corrected chi connectivity index (χ4v) is 3.90. The maximum absolute atomic E-state index is 13.3. The number of pyridine rings is 3. The van der Waals surface area contributed by atoms with Crippen LogP contribution < -0.4 is 11.1 Å². The number of hydrogen-bond acceptors (Lipinski definition) is 5. The van der Waals surface area contributed by atoms with Crippen LogP contribution >= 0.6 is 0 Å². The first-order valence-corrected chi connectivity index (χ1v) is 9.58. The van der Waals surface area contributed by atoms with Gasteiger partial charge in [-0.05, 0) is 57.5 Å². The summed E-state index contributed by atoms with van der Waals surface area (Å²) in [6, 6.07) is 6.37. The minimum atomic E-state index is -0.935. The first-order chi connectivity index (χ1) is 13.8. The predicted molar refractivity (Wildman–Crippen MR) is 111 cm³/mol. The second-order valence-electron chi connectivity index (χ2n) is 6.98. The predicted octanol–water partition coefficient (Wildman–Crippen LogP) is 2.65. The molecule has 3 heterocycles. The van der Waals surface area contributed by atoms with E-state index in [1.54, 1.807) is 38.4 Å². The fourth-order valence-electron chi connectivity index (χ4n) is 3.90. The van der Waals surface area contributed by atoms with E-state index < -0.39 is 17.0 Å². The molecule has 0 fully saturated rings. The Morgan fingerprint density at radius 2 is 1.28 bits per heavy atom. The third kappa shape index (κ3) is 3.44. The van der Waals surface area contributed by atoms with Gasteiger partial charge in [-0.3, -0.25) is 14.6 Å². The minimum absolute atomic E-state index is 0.0579. The third-order valence-corrected chi connectivity index (χ3v) is 5.29. The number of aromatic hydroxyl groups is 2. The SMILES string of the molecule is CCn1c(C)cc(O)c(C(c2ccncc2)c2c(O)cc(C)n(CC)c2=O)c1=O. The molecule has 3 aromatic rings. The standard InChI is InChI=1S/C22H25N3O4/c1-5-24-13(3)11-16(26)19(21(24)28)18(15-7-9-23-10-8-15)20-17(27)12-14(4)25(6-2)22(20)29/h7-12,18,26-27H,5-6H2,1-4H3. The molecule has 0 bridgehead atoms. The van der Waals surface area contributed by atoms with Gasteiger partial charge in [-0.15, -0.1) is 0 Å². The molecule has 0 aromatic carbocycles. The van der Waals surface area contributed by atoms with E-state index in [9.17, 15) is 19.8 Å². The van der Waals surface area contributed by atoms with Crippen LogP contribution in [0.3, 0.4) is 0 Å². The first kappa shape index (κ1) is 20.4. The molecule has 2 N–H and O–H groups in total. The summed E-state index contributed by atoms with van der Waals surface area (Å²) in [4.78, 5) is 30.6. The molecule has 0 amide bonds. The van der Waals surface area contributed by atoms with Crippen molar-refractivity contribution in [1.29, 1.82) is 0 Å². The van der Waals surface area contributed by atoms with Crippen LogP contribution in [0.5, 0.6) is 11.5 Å².